The number of hydrogen-bond acceptors (Lipinski definition) is 3. The Hall–Kier alpha value is -0.940. The molecule has 0 spiro atoms. The minimum Gasteiger partial charge on any atom is -0.307 e. The lowest BCUT2D eigenvalue weighted by molar-refractivity contribution is -0.123. The number of aromatic nitrogens is 1. The molecule has 1 aromatic rings. The van der Waals surface area contributed by atoms with Gasteiger partial charge in [-0.15, -0.1) is 0 Å². The molecule has 4 aliphatic rings. The van der Waals surface area contributed by atoms with E-state index in [1.165, 1.54) is 19.5 Å². The number of piperidine rings is 1. The van der Waals surface area contributed by atoms with Gasteiger partial charge in [-0.2, -0.15) is 0 Å². The normalized spacial score (nSPS) is 39.6. The van der Waals surface area contributed by atoms with Gasteiger partial charge in [-0.25, -0.2) is 0 Å². The number of pyridine rings is 1. The van der Waals surface area contributed by atoms with Crippen molar-refractivity contribution in [1.29, 1.82) is 0 Å². The van der Waals surface area contributed by atoms with Gasteiger partial charge in [0.05, 0.1) is 16.8 Å². The molecule has 24 heavy (non-hydrogen) atoms. The van der Waals surface area contributed by atoms with E-state index in [4.69, 9.17) is 0 Å². The first-order chi connectivity index (χ1) is 11.3. The molecular weight excluding hydrogens is 366 g/mol. The second-order valence-electron chi connectivity index (χ2n) is 9.04. The van der Waals surface area contributed by atoms with Gasteiger partial charge in [-0.3, -0.25) is 14.7 Å². The molecule has 0 N–H and O–H groups in total. The predicted molar refractivity (Wildman–Crippen MR) is 97.0 cm³/mol. The fourth-order valence-corrected chi connectivity index (χ4v) is 5.52. The van der Waals surface area contributed by atoms with Crippen LogP contribution in [0.2, 0.25) is 0 Å². The van der Waals surface area contributed by atoms with Crippen LogP contribution >= 0.6 is 15.9 Å². The summed E-state index contributed by atoms with van der Waals surface area (Å²) in [5.41, 5.74) is 1.70. The summed E-state index contributed by atoms with van der Waals surface area (Å²) in [6, 6.07) is 2.38. The second kappa shape index (κ2) is 4.61. The molecule has 1 amide bonds. The van der Waals surface area contributed by atoms with Crippen LogP contribution in [0.3, 0.4) is 0 Å². The number of anilines is 1. The highest BCUT2D eigenvalue weighted by molar-refractivity contribution is 9.10. The fraction of sp³-hybridized carbons (Fsp3) is 0.684. The van der Waals surface area contributed by atoms with E-state index in [0.29, 0.717) is 6.04 Å². The van der Waals surface area contributed by atoms with Gasteiger partial charge in [0.15, 0.2) is 0 Å². The smallest absolute Gasteiger partial charge is 0.239 e. The lowest BCUT2D eigenvalue weighted by atomic mass is 9.71. The van der Waals surface area contributed by atoms with Gasteiger partial charge in [0, 0.05) is 35.3 Å². The predicted octanol–water partition coefficient (Wildman–Crippen LogP) is 3.34. The molecule has 2 aliphatic carbocycles. The van der Waals surface area contributed by atoms with E-state index in [1.54, 1.807) is 6.20 Å². The maximum absolute atomic E-state index is 13.1. The topological polar surface area (TPSA) is 36.4 Å². The molecule has 3 fully saturated rings. The van der Waals surface area contributed by atoms with Gasteiger partial charge in [0.2, 0.25) is 5.91 Å². The van der Waals surface area contributed by atoms with E-state index in [1.807, 2.05) is 18.7 Å². The van der Waals surface area contributed by atoms with Crippen LogP contribution in [0.5, 0.6) is 0 Å². The third kappa shape index (κ3) is 1.94. The number of fused-ring (bicyclic) bond motifs is 2. The standard InChI is InChI=1S/C19H24BrN3O/c1-18(2)16-15(5-13(20)8-21-16)23(17(18)24)14-6-19(3,7-14)22-9-11-4-12(11)10-22/h5,8,11-12,14H,4,6-7,9-10H2,1-3H3. The Bertz CT molecular complexity index is 730. The Morgan fingerprint density at radius 3 is 2.54 bits per heavy atom. The number of rotatable bonds is 2. The van der Waals surface area contributed by atoms with Gasteiger partial charge >= 0.3 is 0 Å². The first kappa shape index (κ1) is 15.3. The Labute approximate surface area is 151 Å². The zero-order valence-corrected chi connectivity index (χ0v) is 16.1. The van der Waals surface area contributed by atoms with Crippen molar-refractivity contribution in [2.24, 2.45) is 11.8 Å². The lowest BCUT2D eigenvalue weighted by Gasteiger charge is -2.54. The SMILES string of the molecule is CC1(C)C(=O)N(C2CC(C)(N3CC4CC4C3)C2)c2cc(Br)cnc21. The number of amides is 1. The molecule has 0 radical (unpaired) electrons. The van der Waals surface area contributed by atoms with Crippen molar-refractivity contribution < 1.29 is 4.79 Å². The summed E-state index contributed by atoms with van der Waals surface area (Å²) in [7, 11) is 0. The van der Waals surface area contributed by atoms with Crippen molar-refractivity contribution in [2.75, 3.05) is 18.0 Å². The summed E-state index contributed by atoms with van der Waals surface area (Å²) in [5.74, 6) is 2.14. The summed E-state index contributed by atoms with van der Waals surface area (Å²) >= 11 is 3.52. The molecule has 3 heterocycles. The Morgan fingerprint density at radius 1 is 1.21 bits per heavy atom. The number of carbonyl (C=O) groups is 1. The van der Waals surface area contributed by atoms with Crippen LogP contribution in [0.25, 0.3) is 0 Å². The highest BCUT2D eigenvalue weighted by Crippen LogP contribution is 2.53. The minimum atomic E-state index is -0.517. The molecule has 5 rings (SSSR count). The van der Waals surface area contributed by atoms with Gasteiger partial charge in [0.25, 0.3) is 0 Å². The van der Waals surface area contributed by atoms with E-state index in [-0.39, 0.29) is 11.4 Å². The summed E-state index contributed by atoms with van der Waals surface area (Å²) in [6.07, 6.45) is 5.42. The van der Waals surface area contributed by atoms with Crippen LogP contribution in [0.1, 0.15) is 45.7 Å². The zero-order chi connectivity index (χ0) is 16.9. The number of nitrogens with zero attached hydrogens (tertiary/aromatic N) is 3. The second-order valence-corrected chi connectivity index (χ2v) is 9.96. The van der Waals surface area contributed by atoms with Crippen molar-refractivity contribution in [2.45, 2.75) is 57.0 Å². The van der Waals surface area contributed by atoms with Crippen molar-refractivity contribution >= 4 is 27.5 Å². The van der Waals surface area contributed by atoms with E-state index in [2.05, 4.69) is 38.8 Å². The van der Waals surface area contributed by atoms with Crippen molar-refractivity contribution in [3.63, 3.8) is 0 Å². The third-order valence-electron chi connectivity index (χ3n) is 6.90. The number of carbonyl (C=O) groups excluding carboxylic acids is 1. The Kier molecular flexibility index (Phi) is 2.94. The van der Waals surface area contributed by atoms with Crippen LogP contribution in [0.4, 0.5) is 5.69 Å². The summed E-state index contributed by atoms with van der Waals surface area (Å²) in [4.78, 5) is 22.4. The van der Waals surface area contributed by atoms with E-state index >= 15 is 0 Å². The van der Waals surface area contributed by atoms with Gasteiger partial charge < -0.3 is 4.90 Å². The van der Waals surface area contributed by atoms with Crippen LogP contribution in [-0.2, 0) is 10.2 Å². The lowest BCUT2D eigenvalue weighted by Crippen LogP contribution is -2.63. The molecule has 1 aromatic heterocycles. The first-order valence-electron chi connectivity index (χ1n) is 9.04. The molecule has 0 bridgehead atoms. The largest absolute Gasteiger partial charge is 0.307 e. The summed E-state index contributed by atoms with van der Waals surface area (Å²) in [6.45, 7) is 8.94. The summed E-state index contributed by atoms with van der Waals surface area (Å²) in [5, 5.41) is 0. The highest BCUT2D eigenvalue weighted by atomic mass is 79.9. The molecule has 0 aromatic carbocycles. The number of halogens is 1. The molecule has 4 nitrogen and oxygen atoms in total. The average molecular weight is 390 g/mol. The van der Waals surface area contributed by atoms with Crippen LogP contribution in [0.15, 0.2) is 16.7 Å². The van der Waals surface area contributed by atoms with Crippen LogP contribution in [-0.4, -0.2) is 40.5 Å². The van der Waals surface area contributed by atoms with Gasteiger partial charge in [-0.1, -0.05) is 0 Å². The van der Waals surface area contributed by atoms with Crippen LogP contribution in [0, 0.1) is 11.8 Å². The van der Waals surface area contributed by atoms with Crippen molar-refractivity contribution in [3.8, 4) is 0 Å². The Balaban J connectivity index is 1.40. The molecule has 2 aliphatic heterocycles. The molecule has 128 valence electrons. The molecule has 2 atom stereocenters. The molecule has 2 saturated carbocycles. The van der Waals surface area contributed by atoms with Crippen molar-refractivity contribution in [1.82, 2.24) is 9.88 Å². The third-order valence-corrected chi connectivity index (χ3v) is 7.33. The fourth-order valence-electron chi connectivity index (χ4n) is 5.20. The monoisotopic (exact) mass is 389 g/mol. The first-order valence-corrected chi connectivity index (χ1v) is 9.84. The maximum atomic E-state index is 13.1. The van der Waals surface area contributed by atoms with E-state index < -0.39 is 5.41 Å². The molecular formula is C19H24BrN3O. The Morgan fingerprint density at radius 2 is 1.88 bits per heavy atom. The number of hydrogen-bond donors (Lipinski definition) is 0. The van der Waals surface area contributed by atoms with E-state index in [0.717, 1.165) is 40.5 Å². The van der Waals surface area contributed by atoms with E-state index in [9.17, 15) is 4.79 Å². The minimum absolute atomic E-state index is 0.208. The summed E-state index contributed by atoms with van der Waals surface area (Å²) < 4.78 is 0.943. The zero-order valence-electron chi connectivity index (χ0n) is 14.6. The molecule has 2 unspecified atom stereocenters. The average Bonchev–Trinajstić information content (AvgIpc) is 3.04. The van der Waals surface area contributed by atoms with Gasteiger partial charge in [-0.05, 0) is 73.9 Å². The van der Waals surface area contributed by atoms with Gasteiger partial charge in [0.1, 0.15) is 0 Å². The van der Waals surface area contributed by atoms with Crippen molar-refractivity contribution in [3.05, 3.63) is 22.4 Å². The van der Waals surface area contributed by atoms with Crippen LogP contribution < -0.4 is 4.90 Å². The maximum Gasteiger partial charge on any atom is 0.239 e. The quantitative estimate of drug-likeness (QED) is 0.777. The highest BCUT2D eigenvalue weighted by Gasteiger charge is 2.58. The molecule has 5 heteroatoms. The molecule has 1 saturated heterocycles. The number of likely N-dealkylation sites (tertiary alicyclic amines) is 1.